The Bertz CT molecular complexity index is 1460. The van der Waals surface area contributed by atoms with Crippen LogP contribution in [0.1, 0.15) is 66.5 Å². The molecule has 10 nitrogen and oxygen atoms in total. The van der Waals surface area contributed by atoms with Crippen molar-refractivity contribution in [2.24, 2.45) is 17.0 Å². The number of nitrogens with zero attached hydrogens (tertiary/aromatic N) is 2. The van der Waals surface area contributed by atoms with Crippen molar-refractivity contribution in [3.05, 3.63) is 106 Å². The second-order valence-electron chi connectivity index (χ2n) is 11.4. The lowest BCUT2D eigenvalue weighted by atomic mass is 9.78. The van der Waals surface area contributed by atoms with Gasteiger partial charge >= 0.3 is 11.9 Å². The Balaban J connectivity index is 1.49. The van der Waals surface area contributed by atoms with E-state index in [-0.39, 0.29) is 25.0 Å². The van der Waals surface area contributed by atoms with Crippen LogP contribution in [-0.4, -0.2) is 50.9 Å². The number of aliphatic hydroxyl groups is 3. The summed E-state index contributed by atoms with van der Waals surface area (Å²) >= 11 is 0. The molecule has 0 aliphatic carbocycles. The molecule has 1 aliphatic rings. The first-order valence-electron chi connectivity index (χ1n) is 15.0. The average Bonchev–Trinajstić information content (AvgIpc) is 3.05. The van der Waals surface area contributed by atoms with Gasteiger partial charge in [-0.3, -0.25) is 14.4 Å². The van der Waals surface area contributed by atoms with E-state index in [2.05, 4.69) is 5.18 Å². The van der Waals surface area contributed by atoms with E-state index in [1.54, 1.807) is 4.90 Å². The monoisotopic (exact) mass is 620 g/mol. The number of hydrogen-bond acceptors (Lipinski definition) is 7. The van der Waals surface area contributed by atoms with Crippen molar-refractivity contribution in [1.82, 2.24) is 0 Å². The molecule has 0 bridgehead atoms. The largest absolute Gasteiger partial charge is 0.481 e. The molecule has 0 aromatic heterocycles. The van der Waals surface area contributed by atoms with Crippen LogP contribution in [0, 0.1) is 22.6 Å². The SMILES string of the molecule is O=NC(=O)C(CCCc1ccc([C@@H]2[C@@H](CC[C@H](O)c3ccc(F)cc3)C(=O)N2c2ccc(CCC(O)CO)cc2)cc1)C(=O)O. The molecule has 0 saturated carbocycles. The number of carboxylic acids is 1. The normalized spacial score (nSPS) is 18.1. The van der Waals surface area contributed by atoms with Crippen molar-refractivity contribution < 1.29 is 39.2 Å². The number of halogens is 1. The van der Waals surface area contributed by atoms with Crippen LogP contribution < -0.4 is 4.90 Å². The Kier molecular flexibility index (Phi) is 11.6. The van der Waals surface area contributed by atoms with Gasteiger partial charge in [0, 0.05) is 10.9 Å². The summed E-state index contributed by atoms with van der Waals surface area (Å²) in [5.41, 5.74) is 3.99. The van der Waals surface area contributed by atoms with Crippen LogP contribution in [-0.2, 0) is 27.2 Å². The van der Waals surface area contributed by atoms with Gasteiger partial charge in [0.15, 0.2) is 0 Å². The predicted octanol–water partition coefficient (Wildman–Crippen LogP) is 4.65. The van der Waals surface area contributed by atoms with Crippen LogP contribution in [0.3, 0.4) is 0 Å². The van der Waals surface area contributed by atoms with Crippen molar-refractivity contribution >= 4 is 23.5 Å². The van der Waals surface area contributed by atoms with Gasteiger partial charge in [-0.25, -0.2) is 4.39 Å². The molecule has 5 atom stereocenters. The van der Waals surface area contributed by atoms with Crippen LogP contribution in [0.15, 0.2) is 78.0 Å². The summed E-state index contributed by atoms with van der Waals surface area (Å²) in [6, 6.07) is 20.3. The molecule has 3 aromatic carbocycles. The zero-order valence-electron chi connectivity index (χ0n) is 24.7. The number of carbonyl (C=O) groups excluding carboxylic acids is 2. The van der Waals surface area contributed by atoms with Crippen molar-refractivity contribution in [2.75, 3.05) is 11.5 Å². The van der Waals surface area contributed by atoms with E-state index in [0.29, 0.717) is 49.8 Å². The third-order valence-corrected chi connectivity index (χ3v) is 8.38. The van der Waals surface area contributed by atoms with Crippen LogP contribution in [0.4, 0.5) is 10.1 Å². The first kappa shape index (κ1) is 33.6. The molecule has 2 unspecified atom stereocenters. The van der Waals surface area contributed by atoms with E-state index >= 15 is 0 Å². The molecule has 1 aliphatic heterocycles. The minimum absolute atomic E-state index is 0.0139. The number of aliphatic carboxylic acids is 1. The number of carboxylic acid groups (broad SMARTS) is 1. The Morgan fingerprint density at radius 3 is 2.09 bits per heavy atom. The number of aliphatic hydroxyl groups excluding tert-OH is 3. The number of β-lactam (4-membered cyclic amide) rings is 1. The summed E-state index contributed by atoms with van der Waals surface area (Å²) in [4.78, 5) is 48.5. The van der Waals surface area contributed by atoms with Crippen LogP contribution in [0.5, 0.6) is 0 Å². The zero-order chi connectivity index (χ0) is 32.5. The maximum absolute atomic E-state index is 13.5. The standard InChI is InChI=1S/C34H37FN2O8/c35-25-13-11-23(12-14-25)30(40)19-18-28-31(37(33(28)42)26-15-6-22(7-16-26)8-17-27(39)20-38)24-9-4-21(5-10-24)2-1-3-29(34(43)44)32(41)36-45/h4-7,9-16,27-31,38-40H,1-3,8,17-20H2,(H,43,44)/t27?,28-,29?,30+,31-/m1/s1. The van der Waals surface area contributed by atoms with E-state index in [1.807, 2.05) is 48.5 Å². The van der Waals surface area contributed by atoms with Crippen LogP contribution in [0.25, 0.3) is 0 Å². The second-order valence-corrected chi connectivity index (χ2v) is 11.4. The summed E-state index contributed by atoms with van der Waals surface area (Å²) in [5.74, 6) is -4.94. The van der Waals surface area contributed by atoms with Gasteiger partial charge in [-0.15, -0.1) is 4.91 Å². The predicted molar refractivity (Wildman–Crippen MR) is 163 cm³/mol. The number of amides is 2. The molecule has 0 spiro atoms. The topological polar surface area (TPSA) is 165 Å². The number of aryl methyl sites for hydroxylation is 2. The van der Waals surface area contributed by atoms with Gasteiger partial charge in [0.05, 0.1) is 30.8 Å². The van der Waals surface area contributed by atoms with Gasteiger partial charge in [-0.2, -0.15) is 0 Å². The van der Waals surface area contributed by atoms with Crippen molar-refractivity contribution in [2.45, 2.75) is 63.2 Å². The van der Waals surface area contributed by atoms with Crippen molar-refractivity contribution in [3.8, 4) is 0 Å². The lowest BCUT2D eigenvalue weighted by Gasteiger charge is -2.48. The fourth-order valence-electron chi connectivity index (χ4n) is 5.74. The Labute approximate surface area is 260 Å². The van der Waals surface area contributed by atoms with Crippen molar-refractivity contribution in [3.63, 3.8) is 0 Å². The van der Waals surface area contributed by atoms with E-state index in [9.17, 15) is 39.0 Å². The van der Waals surface area contributed by atoms with Gasteiger partial charge in [-0.1, -0.05) is 48.5 Å². The molecule has 1 heterocycles. The smallest absolute Gasteiger partial charge is 0.316 e. The fourth-order valence-corrected chi connectivity index (χ4v) is 5.74. The quantitative estimate of drug-likeness (QED) is 0.102. The molecule has 11 heteroatoms. The summed E-state index contributed by atoms with van der Waals surface area (Å²) in [7, 11) is 0. The fraction of sp³-hybridized carbons (Fsp3) is 0.382. The van der Waals surface area contributed by atoms with Gasteiger partial charge in [0.2, 0.25) is 5.91 Å². The van der Waals surface area contributed by atoms with Crippen LogP contribution in [0.2, 0.25) is 0 Å². The highest BCUT2D eigenvalue weighted by atomic mass is 19.1. The zero-order valence-corrected chi connectivity index (χ0v) is 24.7. The molecule has 3 aromatic rings. The summed E-state index contributed by atoms with van der Waals surface area (Å²) in [6.45, 7) is -0.307. The number of rotatable bonds is 16. The summed E-state index contributed by atoms with van der Waals surface area (Å²) < 4.78 is 13.3. The number of nitroso groups, excluding NO2 is 1. The third kappa shape index (κ3) is 8.44. The van der Waals surface area contributed by atoms with Crippen LogP contribution >= 0.6 is 0 Å². The first-order valence-corrected chi connectivity index (χ1v) is 15.0. The first-order chi connectivity index (χ1) is 21.6. The van der Waals surface area contributed by atoms with Gasteiger partial charge < -0.3 is 25.3 Å². The minimum Gasteiger partial charge on any atom is -0.481 e. The van der Waals surface area contributed by atoms with E-state index in [1.165, 1.54) is 24.3 Å². The second kappa shape index (κ2) is 15.6. The van der Waals surface area contributed by atoms with Gasteiger partial charge in [0.1, 0.15) is 11.7 Å². The summed E-state index contributed by atoms with van der Waals surface area (Å²) in [5, 5.41) is 40.9. The lowest BCUT2D eigenvalue weighted by molar-refractivity contribution is -0.146. The molecule has 4 N–H and O–H groups in total. The Morgan fingerprint density at radius 2 is 1.49 bits per heavy atom. The number of benzene rings is 3. The van der Waals surface area contributed by atoms with Gasteiger partial charge in [-0.05, 0) is 91.5 Å². The molecule has 2 amide bonds. The maximum atomic E-state index is 13.5. The number of anilines is 1. The molecule has 1 fully saturated rings. The molecule has 0 radical (unpaired) electrons. The number of carbonyl (C=O) groups is 3. The number of hydrogen-bond donors (Lipinski definition) is 4. The Morgan fingerprint density at radius 1 is 0.867 bits per heavy atom. The van der Waals surface area contributed by atoms with E-state index in [0.717, 1.165) is 16.7 Å². The highest BCUT2D eigenvalue weighted by Crippen LogP contribution is 2.46. The molecule has 45 heavy (non-hydrogen) atoms. The van der Waals surface area contributed by atoms with Crippen molar-refractivity contribution in [1.29, 1.82) is 0 Å². The van der Waals surface area contributed by atoms with Gasteiger partial charge in [0.25, 0.3) is 0 Å². The highest BCUT2D eigenvalue weighted by molar-refractivity contribution is 6.03. The Hall–Kier alpha value is -4.32. The molecular weight excluding hydrogens is 583 g/mol. The molecule has 238 valence electrons. The lowest BCUT2D eigenvalue weighted by Crippen LogP contribution is -2.55. The average molecular weight is 621 g/mol. The van der Waals surface area contributed by atoms with E-state index < -0.39 is 41.7 Å². The molecule has 1 saturated heterocycles. The molecular formula is C34H37FN2O8. The third-order valence-electron chi connectivity index (χ3n) is 8.38. The molecule has 4 rings (SSSR count). The maximum Gasteiger partial charge on any atom is 0.316 e. The summed E-state index contributed by atoms with van der Waals surface area (Å²) in [6.07, 6.45) is 0.836. The van der Waals surface area contributed by atoms with E-state index in [4.69, 9.17) is 5.11 Å². The highest BCUT2D eigenvalue weighted by Gasteiger charge is 2.48. The minimum atomic E-state index is -1.46.